The van der Waals surface area contributed by atoms with Crippen LogP contribution >= 0.6 is 0 Å². The number of hydrogen-bond acceptors (Lipinski definition) is 5. The molecule has 0 saturated carbocycles. The lowest BCUT2D eigenvalue weighted by atomic mass is 10.2. The molecule has 1 unspecified atom stereocenters. The molecule has 106 valence electrons. The Morgan fingerprint density at radius 2 is 1.84 bits per heavy atom. The van der Waals surface area contributed by atoms with Gasteiger partial charge in [-0.1, -0.05) is 31.0 Å². The first kappa shape index (κ1) is 15.7. The number of rotatable bonds is 6. The van der Waals surface area contributed by atoms with E-state index in [1.807, 2.05) is 13.8 Å². The molecule has 5 nitrogen and oxygen atoms in total. The predicted molar refractivity (Wildman–Crippen MR) is 70.2 cm³/mol. The van der Waals surface area contributed by atoms with Gasteiger partial charge in [-0.3, -0.25) is 4.18 Å². The molecule has 0 saturated heterocycles. The fourth-order valence-electron chi connectivity index (χ4n) is 1.51. The van der Waals surface area contributed by atoms with Crippen molar-refractivity contribution in [1.29, 1.82) is 0 Å². The Hall–Kier alpha value is -1.40. The summed E-state index contributed by atoms with van der Waals surface area (Å²) in [4.78, 5) is 11.5. The van der Waals surface area contributed by atoms with Crippen LogP contribution in [0, 0.1) is 6.92 Å². The fraction of sp³-hybridized carbons (Fsp3) is 0.462. The zero-order valence-corrected chi connectivity index (χ0v) is 12.1. The molecule has 1 atom stereocenters. The van der Waals surface area contributed by atoms with E-state index < -0.39 is 22.2 Å². The van der Waals surface area contributed by atoms with Gasteiger partial charge in [0.05, 0.1) is 12.0 Å². The first-order valence-electron chi connectivity index (χ1n) is 5.98. The van der Waals surface area contributed by atoms with Crippen molar-refractivity contribution in [2.45, 2.75) is 37.7 Å². The molecule has 0 heterocycles. The highest BCUT2D eigenvalue weighted by atomic mass is 32.2. The quantitative estimate of drug-likeness (QED) is 0.591. The van der Waals surface area contributed by atoms with E-state index in [9.17, 15) is 13.2 Å². The van der Waals surface area contributed by atoms with Gasteiger partial charge < -0.3 is 4.74 Å². The van der Waals surface area contributed by atoms with E-state index in [0.29, 0.717) is 6.42 Å². The first-order chi connectivity index (χ1) is 8.90. The summed E-state index contributed by atoms with van der Waals surface area (Å²) in [6.45, 7) is 3.68. The summed E-state index contributed by atoms with van der Waals surface area (Å²) in [7, 11) is -2.75. The molecule has 0 aliphatic rings. The maximum absolute atomic E-state index is 12.0. The van der Waals surface area contributed by atoms with Crippen LogP contribution in [-0.4, -0.2) is 27.6 Å². The zero-order chi connectivity index (χ0) is 14.5. The Balaban J connectivity index is 2.93. The van der Waals surface area contributed by atoms with Crippen molar-refractivity contribution in [3.05, 3.63) is 29.8 Å². The third-order valence-electron chi connectivity index (χ3n) is 2.57. The lowest BCUT2D eigenvalue weighted by molar-refractivity contribution is -0.149. The molecular formula is C13H18O5S. The molecule has 1 rings (SSSR count). The number of benzene rings is 1. The Morgan fingerprint density at radius 3 is 2.32 bits per heavy atom. The Bertz CT molecular complexity index is 518. The van der Waals surface area contributed by atoms with Gasteiger partial charge in [-0.2, -0.15) is 8.42 Å². The summed E-state index contributed by atoms with van der Waals surface area (Å²) in [5, 5.41) is 0. The normalized spacial score (nSPS) is 13.0. The highest BCUT2D eigenvalue weighted by molar-refractivity contribution is 7.86. The van der Waals surface area contributed by atoms with E-state index in [1.165, 1.54) is 19.2 Å². The van der Waals surface area contributed by atoms with E-state index in [1.54, 1.807) is 12.1 Å². The number of aryl methyl sites for hydroxylation is 1. The van der Waals surface area contributed by atoms with Gasteiger partial charge in [0.2, 0.25) is 0 Å². The number of hydrogen-bond donors (Lipinski definition) is 0. The smallest absolute Gasteiger partial charge is 0.336 e. The molecule has 0 spiro atoms. The average molecular weight is 286 g/mol. The maximum atomic E-state index is 12.0. The Kier molecular flexibility index (Phi) is 5.50. The molecule has 0 amide bonds. The molecule has 1 aromatic carbocycles. The van der Waals surface area contributed by atoms with Gasteiger partial charge in [-0.25, -0.2) is 4.79 Å². The van der Waals surface area contributed by atoms with Crippen molar-refractivity contribution in [2.24, 2.45) is 0 Å². The molecule has 0 bridgehead atoms. The average Bonchev–Trinajstić information content (AvgIpc) is 2.37. The van der Waals surface area contributed by atoms with Crippen LogP contribution in [0.3, 0.4) is 0 Å². The molecule has 0 fully saturated rings. The minimum atomic E-state index is -3.95. The SMILES string of the molecule is CCCC(OS(=O)(=O)c1ccc(C)cc1)C(=O)OC. The van der Waals surface area contributed by atoms with Crippen molar-refractivity contribution in [3.8, 4) is 0 Å². The molecule has 19 heavy (non-hydrogen) atoms. The topological polar surface area (TPSA) is 69.7 Å². The van der Waals surface area contributed by atoms with Gasteiger partial charge in [-0.05, 0) is 25.5 Å². The Labute approximate surface area is 113 Å². The number of ether oxygens (including phenoxy) is 1. The fourth-order valence-corrected chi connectivity index (χ4v) is 2.57. The van der Waals surface area contributed by atoms with Crippen molar-refractivity contribution >= 4 is 16.1 Å². The monoisotopic (exact) mass is 286 g/mol. The van der Waals surface area contributed by atoms with Crippen LogP contribution in [0.15, 0.2) is 29.2 Å². The third-order valence-corrected chi connectivity index (χ3v) is 3.90. The van der Waals surface area contributed by atoms with E-state index in [2.05, 4.69) is 4.74 Å². The van der Waals surface area contributed by atoms with E-state index in [4.69, 9.17) is 4.18 Å². The largest absolute Gasteiger partial charge is 0.467 e. The van der Waals surface area contributed by atoms with E-state index in [-0.39, 0.29) is 11.3 Å². The second-order valence-electron chi connectivity index (χ2n) is 4.16. The van der Waals surface area contributed by atoms with Crippen molar-refractivity contribution < 1.29 is 22.1 Å². The molecule has 1 aromatic rings. The minimum absolute atomic E-state index is 0.0307. The summed E-state index contributed by atoms with van der Waals surface area (Å²) in [5.74, 6) is -0.683. The van der Waals surface area contributed by atoms with Gasteiger partial charge in [0.25, 0.3) is 10.1 Å². The zero-order valence-electron chi connectivity index (χ0n) is 11.3. The summed E-state index contributed by atoms with van der Waals surface area (Å²) >= 11 is 0. The van der Waals surface area contributed by atoms with E-state index >= 15 is 0 Å². The number of methoxy groups -OCH3 is 1. The Morgan fingerprint density at radius 1 is 1.26 bits per heavy atom. The molecule has 0 aromatic heterocycles. The van der Waals surface area contributed by atoms with Gasteiger partial charge in [0.1, 0.15) is 0 Å². The summed E-state index contributed by atoms with van der Waals surface area (Å²) in [5.41, 5.74) is 0.942. The van der Waals surface area contributed by atoms with Crippen molar-refractivity contribution in [1.82, 2.24) is 0 Å². The standard InChI is InChI=1S/C13H18O5S/c1-4-5-12(13(14)17-3)18-19(15,16)11-8-6-10(2)7-9-11/h6-9,12H,4-5H2,1-3H3. The maximum Gasteiger partial charge on any atom is 0.336 e. The van der Waals surface area contributed by atoms with Crippen LogP contribution in [0.1, 0.15) is 25.3 Å². The molecule has 6 heteroatoms. The second-order valence-corrected chi connectivity index (χ2v) is 5.74. The van der Waals surface area contributed by atoms with Gasteiger partial charge >= 0.3 is 5.97 Å². The highest BCUT2D eigenvalue weighted by Crippen LogP contribution is 2.17. The van der Waals surface area contributed by atoms with Crippen LogP contribution in [0.4, 0.5) is 0 Å². The highest BCUT2D eigenvalue weighted by Gasteiger charge is 2.27. The molecule has 0 radical (unpaired) electrons. The lowest BCUT2D eigenvalue weighted by Crippen LogP contribution is -2.28. The third kappa shape index (κ3) is 4.33. The number of carbonyl (C=O) groups is 1. The van der Waals surface area contributed by atoms with Crippen molar-refractivity contribution in [3.63, 3.8) is 0 Å². The number of esters is 1. The van der Waals surface area contributed by atoms with Gasteiger partial charge in [0.15, 0.2) is 6.10 Å². The molecular weight excluding hydrogens is 268 g/mol. The van der Waals surface area contributed by atoms with Crippen LogP contribution < -0.4 is 0 Å². The van der Waals surface area contributed by atoms with Crippen LogP contribution in [0.25, 0.3) is 0 Å². The predicted octanol–water partition coefficient (Wildman–Crippen LogP) is 2.04. The minimum Gasteiger partial charge on any atom is -0.467 e. The first-order valence-corrected chi connectivity index (χ1v) is 7.39. The van der Waals surface area contributed by atoms with Crippen LogP contribution in [0.5, 0.6) is 0 Å². The molecule has 0 aliphatic heterocycles. The molecule has 0 N–H and O–H groups in total. The summed E-state index contributed by atoms with van der Waals surface area (Å²) < 4.78 is 33.5. The molecule has 0 aliphatic carbocycles. The van der Waals surface area contributed by atoms with Gasteiger partial charge in [0, 0.05) is 0 Å². The van der Waals surface area contributed by atoms with Crippen molar-refractivity contribution in [2.75, 3.05) is 7.11 Å². The van der Waals surface area contributed by atoms with E-state index in [0.717, 1.165) is 5.56 Å². The lowest BCUT2D eigenvalue weighted by Gasteiger charge is -2.14. The summed E-state index contributed by atoms with van der Waals surface area (Å²) in [6.07, 6.45) is -0.192. The number of carbonyl (C=O) groups excluding carboxylic acids is 1. The second kappa shape index (κ2) is 6.68. The van der Waals surface area contributed by atoms with Gasteiger partial charge in [-0.15, -0.1) is 0 Å². The van der Waals surface area contributed by atoms with Crippen LogP contribution in [0.2, 0.25) is 0 Å². The summed E-state index contributed by atoms with van der Waals surface area (Å²) in [6, 6.07) is 6.24. The van der Waals surface area contributed by atoms with Crippen LogP contribution in [-0.2, 0) is 23.8 Å².